The van der Waals surface area contributed by atoms with Crippen molar-refractivity contribution in [3.8, 4) is 0 Å². The Bertz CT molecular complexity index is 547. The molecule has 0 aromatic heterocycles. The minimum absolute atomic E-state index is 0.0317. The minimum atomic E-state index is -2.07. The molecule has 5 heteroatoms. The number of aliphatic hydroxyl groups excluding tert-OH is 2. The third-order valence-electron chi connectivity index (χ3n) is 5.14. The Kier molecular flexibility index (Phi) is 8.03. The summed E-state index contributed by atoms with van der Waals surface area (Å²) in [6.07, 6.45) is 0.741. The molecule has 0 fully saturated rings. The average molecular weight is 369 g/mol. The average Bonchev–Trinajstić information content (AvgIpc) is 2.69. The Balaban J connectivity index is 3.24. The van der Waals surface area contributed by atoms with Gasteiger partial charge in [-0.05, 0) is 37.0 Å². The number of carbonyl (C=O) groups excluding carboxylic acids is 2. The first-order chi connectivity index (χ1) is 11.9. The normalized spacial score (nSPS) is 25.0. The zero-order valence-corrected chi connectivity index (χ0v) is 17.1. The van der Waals surface area contributed by atoms with Crippen molar-refractivity contribution in [3.63, 3.8) is 0 Å². The van der Waals surface area contributed by atoms with E-state index in [2.05, 4.69) is 0 Å². The number of ketones is 2. The van der Waals surface area contributed by atoms with E-state index in [1.807, 2.05) is 41.5 Å². The van der Waals surface area contributed by atoms with Crippen LogP contribution in [-0.4, -0.2) is 38.6 Å². The molecule has 0 aromatic rings. The molecule has 3 atom stereocenters. The summed E-state index contributed by atoms with van der Waals surface area (Å²) in [5.74, 6) is -1.94. The number of Topliss-reactive ketones (excluding diaryl/α,β-unsaturated/α-hetero) is 2. The lowest BCUT2D eigenvalue weighted by Crippen LogP contribution is -2.49. The van der Waals surface area contributed by atoms with Crippen LogP contribution in [0.3, 0.4) is 0 Å². The Morgan fingerprint density at radius 1 is 1.00 bits per heavy atom. The fraction of sp³-hybridized carbons (Fsp3) is 0.810. The lowest BCUT2D eigenvalue weighted by molar-refractivity contribution is -0.137. The first-order valence-electron chi connectivity index (χ1n) is 9.84. The van der Waals surface area contributed by atoms with E-state index in [-0.39, 0.29) is 24.3 Å². The maximum atomic E-state index is 12.9. The first kappa shape index (κ1) is 22.8. The summed E-state index contributed by atoms with van der Waals surface area (Å²) >= 11 is 0. The van der Waals surface area contributed by atoms with Crippen molar-refractivity contribution in [2.24, 2.45) is 23.7 Å². The standard InChI is InChI=1S/C21H36O5/c1-12(2)7-9-15-19(24)18(16(22)11-14(5)6)20(25)21(15,26)17(23)10-8-13(3)4/h12-15,17,23,25-26H,7-11H2,1-6H3/t15-,17?,21+/m1/s1. The van der Waals surface area contributed by atoms with Crippen LogP contribution in [-0.2, 0) is 9.59 Å². The summed E-state index contributed by atoms with van der Waals surface area (Å²) in [4.78, 5) is 25.4. The molecular formula is C21H36O5. The van der Waals surface area contributed by atoms with Crippen LogP contribution < -0.4 is 0 Å². The molecule has 26 heavy (non-hydrogen) atoms. The van der Waals surface area contributed by atoms with Gasteiger partial charge in [-0.1, -0.05) is 48.0 Å². The maximum Gasteiger partial charge on any atom is 0.176 e. The minimum Gasteiger partial charge on any atom is -0.508 e. The van der Waals surface area contributed by atoms with Crippen LogP contribution in [0, 0.1) is 23.7 Å². The van der Waals surface area contributed by atoms with Crippen LogP contribution in [0.4, 0.5) is 0 Å². The zero-order chi connectivity index (χ0) is 20.2. The topological polar surface area (TPSA) is 94.8 Å². The van der Waals surface area contributed by atoms with Gasteiger partial charge >= 0.3 is 0 Å². The number of carbonyl (C=O) groups is 2. The molecular weight excluding hydrogens is 332 g/mol. The molecule has 1 rings (SSSR count). The molecule has 0 aromatic carbocycles. The molecule has 1 aliphatic carbocycles. The second kappa shape index (κ2) is 9.14. The van der Waals surface area contributed by atoms with Gasteiger partial charge in [0.2, 0.25) is 0 Å². The van der Waals surface area contributed by atoms with Gasteiger partial charge in [-0.3, -0.25) is 9.59 Å². The molecule has 0 bridgehead atoms. The van der Waals surface area contributed by atoms with Gasteiger partial charge in [-0.25, -0.2) is 0 Å². The summed E-state index contributed by atoms with van der Waals surface area (Å²) in [7, 11) is 0. The number of allylic oxidation sites excluding steroid dienone is 1. The van der Waals surface area contributed by atoms with Gasteiger partial charge in [-0.15, -0.1) is 0 Å². The van der Waals surface area contributed by atoms with E-state index < -0.39 is 34.9 Å². The van der Waals surface area contributed by atoms with Crippen molar-refractivity contribution in [1.82, 2.24) is 0 Å². The highest BCUT2D eigenvalue weighted by atomic mass is 16.4. The number of hydrogen-bond donors (Lipinski definition) is 3. The summed E-state index contributed by atoms with van der Waals surface area (Å²) in [5.41, 5.74) is -2.37. The Morgan fingerprint density at radius 2 is 1.54 bits per heavy atom. The highest BCUT2D eigenvalue weighted by Crippen LogP contribution is 2.44. The Labute approximate surface area is 157 Å². The van der Waals surface area contributed by atoms with Gasteiger partial charge in [-0.2, -0.15) is 0 Å². The molecule has 0 saturated heterocycles. The summed E-state index contributed by atoms with van der Waals surface area (Å²) < 4.78 is 0. The number of rotatable bonds is 10. The van der Waals surface area contributed by atoms with E-state index >= 15 is 0 Å². The van der Waals surface area contributed by atoms with E-state index in [9.17, 15) is 24.9 Å². The summed E-state index contributed by atoms with van der Waals surface area (Å²) in [6.45, 7) is 11.7. The van der Waals surface area contributed by atoms with E-state index in [1.165, 1.54) is 0 Å². The largest absolute Gasteiger partial charge is 0.508 e. The lowest BCUT2D eigenvalue weighted by Gasteiger charge is -2.34. The monoisotopic (exact) mass is 368 g/mol. The van der Waals surface area contributed by atoms with Crippen LogP contribution >= 0.6 is 0 Å². The molecule has 0 aliphatic heterocycles. The lowest BCUT2D eigenvalue weighted by atomic mass is 9.78. The van der Waals surface area contributed by atoms with Gasteiger partial charge in [0.05, 0.1) is 12.0 Å². The van der Waals surface area contributed by atoms with Gasteiger partial charge < -0.3 is 15.3 Å². The van der Waals surface area contributed by atoms with Crippen LogP contribution in [0.1, 0.15) is 73.6 Å². The molecule has 150 valence electrons. The molecule has 0 radical (unpaired) electrons. The van der Waals surface area contributed by atoms with Crippen LogP contribution in [0.25, 0.3) is 0 Å². The van der Waals surface area contributed by atoms with Crippen molar-refractivity contribution >= 4 is 11.6 Å². The third-order valence-corrected chi connectivity index (χ3v) is 5.14. The molecule has 0 amide bonds. The van der Waals surface area contributed by atoms with Gasteiger partial charge in [0, 0.05) is 6.42 Å². The maximum absolute atomic E-state index is 12.9. The zero-order valence-electron chi connectivity index (χ0n) is 17.1. The van der Waals surface area contributed by atoms with E-state index in [4.69, 9.17) is 0 Å². The second-order valence-corrected chi connectivity index (χ2v) is 8.95. The van der Waals surface area contributed by atoms with Gasteiger partial charge in [0.15, 0.2) is 17.2 Å². The highest BCUT2D eigenvalue weighted by molar-refractivity contribution is 6.23. The van der Waals surface area contributed by atoms with E-state index in [1.54, 1.807) is 0 Å². The number of aliphatic hydroxyl groups is 3. The van der Waals surface area contributed by atoms with Gasteiger partial charge in [0.1, 0.15) is 11.3 Å². The van der Waals surface area contributed by atoms with Crippen molar-refractivity contribution in [2.45, 2.75) is 85.4 Å². The van der Waals surface area contributed by atoms with Crippen molar-refractivity contribution < 1.29 is 24.9 Å². The van der Waals surface area contributed by atoms with Crippen LogP contribution in [0.5, 0.6) is 0 Å². The molecule has 0 spiro atoms. The van der Waals surface area contributed by atoms with Crippen molar-refractivity contribution in [1.29, 1.82) is 0 Å². The van der Waals surface area contributed by atoms with E-state index in [0.29, 0.717) is 31.1 Å². The third kappa shape index (κ3) is 4.95. The molecule has 0 heterocycles. The summed E-state index contributed by atoms with van der Waals surface area (Å²) in [6, 6.07) is 0. The molecule has 1 unspecified atom stereocenters. The molecule has 1 aliphatic rings. The highest BCUT2D eigenvalue weighted by Gasteiger charge is 2.58. The quantitative estimate of drug-likeness (QED) is 0.512. The van der Waals surface area contributed by atoms with Crippen molar-refractivity contribution in [2.75, 3.05) is 0 Å². The first-order valence-corrected chi connectivity index (χ1v) is 9.84. The fourth-order valence-corrected chi connectivity index (χ4v) is 3.55. The fourth-order valence-electron chi connectivity index (χ4n) is 3.55. The molecule has 0 saturated carbocycles. The Morgan fingerprint density at radius 3 is 2.00 bits per heavy atom. The summed E-state index contributed by atoms with van der Waals surface area (Å²) in [5, 5.41) is 32.5. The molecule has 5 nitrogen and oxygen atoms in total. The predicted molar refractivity (Wildman–Crippen MR) is 102 cm³/mol. The van der Waals surface area contributed by atoms with E-state index in [0.717, 1.165) is 0 Å². The SMILES string of the molecule is CC(C)CCC(O)[C@]1(O)C(O)=C(C(=O)CC(C)C)C(=O)[C@H]1CCC(C)C. The van der Waals surface area contributed by atoms with Crippen LogP contribution in [0.15, 0.2) is 11.3 Å². The van der Waals surface area contributed by atoms with Gasteiger partial charge in [0.25, 0.3) is 0 Å². The predicted octanol–water partition coefficient (Wildman–Crippen LogP) is 3.58. The second-order valence-electron chi connectivity index (χ2n) is 8.95. The smallest absolute Gasteiger partial charge is 0.176 e. The van der Waals surface area contributed by atoms with Crippen LogP contribution in [0.2, 0.25) is 0 Å². The molecule has 3 N–H and O–H groups in total. The van der Waals surface area contributed by atoms with Crippen molar-refractivity contribution in [3.05, 3.63) is 11.3 Å². The Hall–Kier alpha value is -1.20. The number of hydrogen-bond acceptors (Lipinski definition) is 5.